The number of carbonyl (C=O) groups excluding carboxylic acids is 1. The van der Waals surface area contributed by atoms with Gasteiger partial charge in [-0.05, 0) is 31.4 Å². The topological polar surface area (TPSA) is 50.4 Å². The molecule has 2 N–H and O–H groups in total. The van der Waals surface area contributed by atoms with Crippen molar-refractivity contribution < 1.29 is 9.53 Å². The van der Waals surface area contributed by atoms with E-state index in [0.717, 1.165) is 32.4 Å². The number of hydrogen-bond acceptors (Lipinski definition) is 3. The van der Waals surface area contributed by atoms with Crippen LogP contribution in [0.5, 0.6) is 0 Å². The third-order valence-electron chi connectivity index (χ3n) is 3.54. The van der Waals surface area contributed by atoms with E-state index in [1.54, 1.807) is 0 Å². The van der Waals surface area contributed by atoms with E-state index in [9.17, 15) is 4.79 Å². The third kappa shape index (κ3) is 5.31. The summed E-state index contributed by atoms with van der Waals surface area (Å²) in [5, 5.41) is 6.25. The van der Waals surface area contributed by atoms with Crippen molar-refractivity contribution in [3.63, 3.8) is 0 Å². The highest BCUT2D eigenvalue weighted by molar-refractivity contribution is 5.78. The van der Waals surface area contributed by atoms with Gasteiger partial charge in [0.15, 0.2) is 0 Å². The molecule has 1 atom stereocenters. The van der Waals surface area contributed by atoms with Crippen LogP contribution in [-0.2, 0) is 16.1 Å². The summed E-state index contributed by atoms with van der Waals surface area (Å²) in [4.78, 5) is 11.9. The maximum atomic E-state index is 11.9. The molecule has 0 aliphatic carbocycles. The minimum Gasteiger partial charge on any atom is -0.377 e. The summed E-state index contributed by atoms with van der Waals surface area (Å²) in [5.41, 5.74) is 1.19. The fourth-order valence-electron chi connectivity index (χ4n) is 2.37. The molecule has 1 aliphatic heterocycles. The van der Waals surface area contributed by atoms with Crippen molar-refractivity contribution in [1.29, 1.82) is 0 Å². The Morgan fingerprint density at radius 2 is 2.20 bits per heavy atom. The van der Waals surface area contributed by atoms with E-state index in [-0.39, 0.29) is 11.8 Å². The van der Waals surface area contributed by atoms with Crippen LogP contribution in [0.15, 0.2) is 30.3 Å². The Balaban J connectivity index is 1.50. The predicted molar refractivity (Wildman–Crippen MR) is 79.3 cm³/mol. The zero-order valence-electron chi connectivity index (χ0n) is 11.9. The van der Waals surface area contributed by atoms with E-state index in [4.69, 9.17) is 4.74 Å². The molecule has 0 saturated carbocycles. The molecule has 2 rings (SSSR count). The van der Waals surface area contributed by atoms with E-state index in [0.29, 0.717) is 19.8 Å². The molecule has 1 aliphatic rings. The third-order valence-corrected chi connectivity index (χ3v) is 3.54. The highest BCUT2D eigenvalue weighted by atomic mass is 16.5. The Hall–Kier alpha value is -1.39. The van der Waals surface area contributed by atoms with Crippen LogP contribution in [0.25, 0.3) is 0 Å². The SMILES string of the molecule is O=C(NCCCOCc1ccccc1)C1CCCNC1. The van der Waals surface area contributed by atoms with Crippen molar-refractivity contribution in [3.8, 4) is 0 Å². The molecule has 0 aromatic heterocycles. The molecule has 4 heteroatoms. The zero-order chi connectivity index (χ0) is 14.0. The van der Waals surface area contributed by atoms with Crippen molar-refractivity contribution in [3.05, 3.63) is 35.9 Å². The smallest absolute Gasteiger partial charge is 0.224 e. The maximum absolute atomic E-state index is 11.9. The van der Waals surface area contributed by atoms with Gasteiger partial charge in [0.1, 0.15) is 0 Å². The molecule has 1 heterocycles. The Labute approximate surface area is 120 Å². The molecule has 0 spiro atoms. The molecule has 1 saturated heterocycles. The molecule has 1 fully saturated rings. The van der Waals surface area contributed by atoms with E-state index in [1.165, 1.54) is 5.56 Å². The first-order chi connectivity index (χ1) is 9.86. The number of benzene rings is 1. The molecule has 1 aromatic carbocycles. The molecule has 4 nitrogen and oxygen atoms in total. The second kappa shape index (κ2) is 8.72. The molecule has 1 aromatic rings. The number of rotatable bonds is 7. The summed E-state index contributed by atoms with van der Waals surface area (Å²) >= 11 is 0. The molecule has 0 radical (unpaired) electrons. The normalized spacial score (nSPS) is 18.7. The monoisotopic (exact) mass is 276 g/mol. The van der Waals surface area contributed by atoms with Crippen LogP contribution >= 0.6 is 0 Å². The van der Waals surface area contributed by atoms with Gasteiger partial charge in [0.25, 0.3) is 0 Å². The molecular formula is C16H24N2O2. The molecule has 110 valence electrons. The number of ether oxygens (including phenoxy) is 1. The van der Waals surface area contributed by atoms with Gasteiger partial charge in [-0.2, -0.15) is 0 Å². The van der Waals surface area contributed by atoms with E-state index >= 15 is 0 Å². The van der Waals surface area contributed by atoms with Gasteiger partial charge in [0, 0.05) is 19.7 Å². The first-order valence-corrected chi connectivity index (χ1v) is 7.46. The van der Waals surface area contributed by atoms with Gasteiger partial charge < -0.3 is 15.4 Å². The largest absolute Gasteiger partial charge is 0.377 e. The summed E-state index contributed by atoms with van der Waals surface area (Å²) < 4.78 is 5.58. The second-order valence-electron chi connectivity index (χ2n) is 5.23. The summed E-state index contributed by atoms with van der Waals surface area (Å²) in [6.07, 6.45) is 2.96. The zero-order valence-corrected chi connectivity index (χ0v) is 11.9. The Morgan fingerprint density at radius 1 is 1.35 bits per heavy atom. The lowest BCUT2D eigenvalue weighted by atomic mass is 9.99. The highest BCUT2D eigenvalue weighted by Crippen LogP contribution is 2.09. The highest BCUT2D eigenvalue weighted by Gasteiger charge is 2.19. The van der Waals surface area contributed by atoms with Crippen LogP contribution in [-0.4, -0.2) is 32.1 Å². The van der Waals surface area contributed by atoms with Crippen LogP contribution in [0.3, 0.4) is 0 Å². The lowest BCUT2D eigenvalue weighted by Gasteiger charge is -2.21. The number of amides is 1. The van der Waals surface area contributed by atoms with Gasteiger partial charge in [-0.1, -0.05) is 30.3 Å². The fraction of sp³-hybridized carbons (Fsp3) is 0.562. The quantitative estimate of drug-likeness (QED) is 0.745. The predicted octanol–water partition coefficient (Wildman–Crippen LogP) is 1.71. The Bertz CT molecular complexity index is 389. The van der Waals surface area contributed by atoms with E-state index < -0.39 is 0 Å². The fourth-order valence-corrected chi connectivity index (χ4v) is 2.37. The van der Waals surface area contributed by atoms with Gasteiger partial charge in [-0.15, -0.1) is 0 Å². The average Bonchev–Trinajstić information content (AvgIpc) is 2.52. The van der Waals surface area contributed by atoms with Gasteiger partial charge in [-0.25, -0.2) is 0 Å². The second-order valence-corrected chi connectivity index (χ2v) is 5.23. The lowest BCUT2D eigenvalue weighted by molar-refractivity contribution is -0.125. The molecular weight excluding hydrogens is 252 g/mol. The standard InChI is InChI=1S/C16H24N2O2/c19-16(15-8-4-9-17-12-15)18-10-5-11-20-13-14-6-2-1-3-7-14/h1-3,6-7,15,17H,4-5,8-13H2,(H,18,19). The van der Waals surface area contributed by atoms with Gasteiger partial charge in [0.2, 0.25) is 5.91 Å². The van der Waals surface area contributed by atoms with Crippen molar-refractivity contribution in [2.45, 2.75) is 25.9 Å². The van der Waals surface area contributed by atoms with Crippen molar-refractivity contribution in [2.24, 2.45) is 5.92 Å². The van der Waals surface area contributed by atoms with Gasteiger partial charge in [0.05, 0.1) is 12.5 Å². The number of hydrogen-bond donors (Lipinski definition) is 2. The molecule has 20 heavy (non-hydrogen) atoms. The average molecular weight is 276 g/mol. The number of nitrogens with one attached hydrogen (secondary N) is 2. The Morgan fingerprint density at radius 3 is 2.95 bits per heavy atom. The van der Waals surface area contributed by atoms with Crippen LogP contribution in [0.4, 0.5) is 0 Å². The van der Waals surface area contributed by atoms with Gasteiger partial charge in [-0.3, -0.25) is 4.79 Å². The summed E-state index contributed by atoms with van der Waals surface area (Å²) in [6, 6.07) is 10.1. The van der Waals surface area contributed by atoms with Crippen LogP contribution < -0.4 is 10.6 Å². The first kappa shape index (κ1) is 15.0. The minimum absolute atomic E-state index is 0.147. The van der Waals surface area contributed by atoms with E-state index in [2.05, 4.69) is 22.8 Å². The maximum Gasteiger partial charge on any atom is 0.224 e. The van der Waals surface area contributed by atoms with Crippen molar-refractivity contribution in [1.82, 2.24) is 10.6 Å². The van der Waals surface area contributed by atoms with Crippen LogP contribution in [0, 0.1) is 5.92 Å². The summed E-state index contributed by atoms with van der Waals surface area (Å²) in [7, 11) is 0. The lowest BCUT2D eigenvalue weighted by Crippen LogP contribution is -2.40. The Kier molecular flexibility index (Phi) is 6.54. The number of carbonyl (C=O) groups is 1. The van der Waals surface area contributed by atoms with E-state index in [1.807, 2.05) is 18.2 Å². The van der Waals surface area contributed by atoms with Crippen LogP contribution in [0.2, 0.25) is 0 Å². The van der Waals surface area contributed by atoms with Crippen LogP contribution in [0.1, 0.15) is 24.8 Å². The molecule has 1 amide bonds. The van der Waals surface area contributed by atoms with Crippen molar-refractivity contribution in [2.75, 3.05) is 26.2 Å². The summed E-state index contributed by atoms with van der Waals surface area (Å²) in [5.74, 6) is 0.328. The molecule has 0 bridgehead atoms. The summed E-state index contributed by atoms with van der Waals surface area (Å²) in [6.45, 7) is 3.87. The van der Waals surface area contributed by atoms with Gasteiger partial charge >= 0.3 is 0 Å². The first-order valence-electron chi connectivity index (χ1n) is 7.46. The minimum atomic E-state index is 0.147. The molecule has 1 unspecified atom stereocenters. The number of piperidine rings is 1. The van der Waals surface area contributed by atoms with Crippen molar-refractivity contribution >= 4 is 5.91 Å².